The lowest BCUT2D eigenvalue weighted by Gasteiger charge is -2.36. The lowest BCUT2D eigenvalue weighted by molar-refractivity contribution is 0.140. The highest BCUT2D eigenvalue weighted by molar-refractivity contribution is 5.99. The number of aryl methyl sites for hydroxylation is 2. The number of benzene rings is 1. The lowest BCUT2D eigenvalue weighted by Crippen LogP contribution is -2.47. The Morgan fingerprint density at radius 2 is 1.77 bits per heavy atom. The van der Waals surface area contributed by atoms with E-state index in [-0.39, 0.29) is 6.03 Å². The number of hydrogen-bond donors (Lipinski definition) is 3. The molecule has 2 saturated heterocycles. The first-order valence-corrected chi connectivity index (χ1v) is 14.3. The van der Waals surface area contributed by atoms with E-state index in [1.807, 2.05) is 24.0 Å². The van der Waals surface area contributed by atoms with Crippen molar-refractivity contribution >= 4 is 40.2 Å². The Balaban J connectivity index is 1.38. The second-order valence-corrected chi connectivity index (χ2v) is 10.7. The SMILES string of the molecule is CCc1c(Nc2cc(NC(=O)N3CCC(N4CCCC4)CC3)ncc2C#N)ccc2c1c(CC)c(C)n2C(N)=O. The van der Waals surface area contributed by atoms with E-state index in [2.05, 4.69) is 40.4 Å². The van der Waals surface area contributed by atoms with E-state index in [4.69, 9.17) is 5.73 Å². The molecule has 0 atom stereocenters. The van der Waals surface area contributed by atoms with Crippen LogP contribution < -0.4 is 16.4 Å². The summed E-state index contributed by atoms with van der Waals surface area (Å²) in [6.45, 7) is 9.82. The number of likely N-dealkylation sites (tertiary alicyclic amines) is 2. The van der Waals surface area contributed by atoms with Gasteiger partial charge in [0.05, 0.1) is 16.8 Å². The minimum atomic E-state index is -0.508. The van der Waals surface area contributed by atoms with Gasteiger partial charge in [0.1, 0.15) is 11.9 Å². The normalized spacial score (nSPS) is 16.3. The Kier molecular flexibility index (Phi) is 7.94. The van der Waals surface area contributed by atoms with Crippen molar-refractivity contribution in [2.24, 2.45) is 5.73 Å². The molecule has 3 aromatic rings. The summed E-state index contributed by atoms with van der Waals surface area (Å²) in [5.74, 6) is 0.386. The number of aromatic nitrogens is 2. The van der Waals surface area contributed by atoms with Crippen LogP contribution in [0.3, 0.4) is 0 Å². The Morgan fingerprint density at radius 3 is 2.40 bits per heavy atom. The highest BCUT2D eigenvalue weighted by Crippen LogP contribution is 2.36. The molecule has 2 aliphatic heterocycles. The number of nitrogens with two attached hydrogens (primary N) is 1. The molecule has 5 rings (SSSR count). The Hall–Kier alpha value is -4.10. The molecule has 2 aromatic heterocycles. The molecule has 3 amide bonds. The van der Waals surface area contributed by atoms with Crippen LogP contribution in [0.25, 0.3) is 10.9 Å². The number of carbonyl (C=O) groups excluding carboxylic acids is 2. The van der Waals surface area contributed by atoms with Crippen molar-refractivity contribution in [3.63, 3.8) is 0 Å². The van der Waals surface area contributed by atoms with Crippen LogP contribution in [0.1, 0.15) is 61.9 Å². The molecule has 210 valence electrons. The van der Waals surface area contributed by atoms with Gasteiger partial charge in [-0.05, 0) is 81.8 Å². The fourth-order valence-electron chi connectivity index (χ4n) is 6.45. The van der Waals surface area contributed by atoms with Crippen molar-refractivity contribution in [2.45, 2.75) is 65.3 Å². The third-order valence-corrected chi connectivity index (χ3v) is 8.47. The fourth-order valence-corrected chi connectivity index (χ4v) is 6.45. The topological polar surface area (TPSA) is 132 Å². The van der Waals surface area contributed by atoms with Gasteiger partial charge in [0.15, 0.2) is 0 Å². The van der Waals surface area contributed by atoms with Crippen LogP contribution in [0.5, 0.6) is 0 Å². The van der Waals surface area contributed by atoms with E-state index in [0.717, 1.165) is 65.8 Å². The fraction of sp³-hybridized carbons (Fsp3) is 0.467. The highest BCUT2D eigenvalue weighted by Gasteiger charge is 2.28. The maximum atomic E-state index is 13.1. The molecule has 1 aromatic carbocycles. The number of fused-ring (bicyclic) bond motifs is 1. The first-order valence-electron chi connectivity index (χ1n) is 14.3. The van der Waals surface area contributed by atoms with Gasteiger partial charge >= 0.3 is 12.1 Å². The largest absolute Gasteiger partial charge is 0.354 e. The second-order valence-electron chi connectivity index (χ2n) is 10.7. The zero-order valence-electron chi connectivity index (χ0n) is 23.6. The monoisotopic (exact) mass is 542 g/mol. The van der Waals surface area contributed by atoms with Crippen molar-refractivity contribution in [1.29, 1.82) is 5.26 Å². The predicted octanol–water partition coefficient (Wildman–Crippen LogP) is 5.10. The Labute approximate surface area is 235 Å². The van der Waals surface area contributed by atoms with Crippen molar-refractivity contribution in [1.82, 2.24) is 19.4 Å². The Bertz CT molecular complexity index is 1470. The second kappa shape index (κ2) is 11.6. The maximum Gasteiger partial charge on any atom is 0.323 e. The molecule has 40 heavy (non-hydrogen) atoms. The van der Waals surface area contributed by atoms with Gasteiger partial charge in [-0.2, -0.15) is 5.26 Å². The van der Waals surface area contributed by atoms with Gasteiger partial charge in [-0.1, -0.05) is 13.8 Å². The molecule has 2 aliphatic rings. The molecule has 0 aliphatic carbocycles. The number of carbonyl (C=O) groups is 2. The van der Waals surface area contributed by atoms with Crippen LogP contribution in [0.2, 0.25) is 0 Å². The van der Waals surface area contributed by atoms with Gasteiger partial charge in [0.2, 0.25) is 0 Å². The summed E-state index contributed by atoms with van der Waals surface area (Å²) in [5, 5.41) is 17.1. The number of pyridine rings is 1. The van der Waals surface area contributed by atoms with Crippen LogP contribution in [0, 0.1) is 18.3 Å². The molecule has 4 N–H and O–H groups in total. The number of nitrogens with zero attached hydrogens (tertiary/aromatic N) is 5. The van der Waals surface area contributed by atoms with Crippen LogP contribution in [-0.2, 0) is 12.8 Å². The summed E-state index contributed by atoms with van der Waals surface area (Å²) in [5.41, 5.74) is 11.2. The molecule has 0 bridgehead atoms. The van der Waals surface area contributed by atoms with E-state index in [0.29, 0.717) is 29.5 Å². The van der Waals surface area contributed by atoms with Crippen LogP contribution in [0.15, 0.2) is 24.4 Å². The van der Waals surface area contributed by atoms with Gasteiger partial charge in [0.25, 0.3) is 0 Å². The molecular weight excluding hydrogens is 504 g/mol. The van der Waals surface area contributed by atoms with Gasteiger partial charge < -0.3 is 20.9 Å². The number of primary amides is 1. The quantitative estimate of drug-likeness (QED) is 0.397. The lowest BCUT2D eigenvalue weighted by atomic mass is 9.99. The van der Waals surface area contributed by atoms with Gasteiger partial charge in [-0.3, -0.25) is 9.88 Å². The molecular formula is C30H38N8O2. The number of rotatable bonds is 6. The van der Waals surface area contributed by atoms with Gasteiger partial charge in [0, 0.05) is 48.2 Å². The average molecular weight is 543 g/mol. The van der Waals surface area contributed by atoms with Crippen molar-refractivity contribution in [3.8, 4) is 6.07 Å². The first kappa shape index (κ1) is 27.5. The molecule has 10 nitrogen and oxygen atoms in total. The van der Waals surface area contributed by atoms with E-state index in [1.165, 1.54) is 32.1 Å². The number of hydrogen-bond acceptors (Lipinski definition) is 6. The van der Waals surface area contributed by atoms with E-state index in [9.17, 15) is 14.9 Å². The summed E-state index contributed by atoms with van der Waals surface area (Å²) >= 11 is 0. The standard InChI is InChI=1S/C30H38N8O2/c1-4-22-19(3)38(29(32)39)26-9-8-24(23(5-2)28(22)26)34-25-16-27(33-18-20(25)17-31)35-30(40)37-14-10-21(11-15-37)36-12-6-7-13-36/h8-9,16,18,21H,4-7,10-15H2,1-3H3,(H2,32,39)(H2,33,34,35,40). The van der Waals surface area contributed by atoms with Gasteiger partial charge in [-0.15, -0.1) is 0 Å². The zero-order valence-corrected chi connectivity index (χ0v) is 23.6. The van der Waals surface area contributed by atoms with Crippen LogP contribution >= 0.6 is 0 Å². The van der Waals surface area contributed by atoms with Crippen molar-refractivity contribution in [2.75, 3.05) is 36.8 Å². The number of amides is 3. The summed E-state index contributed by atoms with van der Waals surface area (Å²) in [6, 6.07) is 7.58. The maximum absolute atomic E-state index is 13.1. The third kappa shape index (κ3) is 5.09. The van der Waals surface area contributed by atoms with Gasteiger partial charge in [-0.25, -0.2) is 14.6 Å². The molecule has 4 heterocycles. The van der Waals surface area contributed by atoms with E-state index < -0.39 is 6.03 Å². The number of anilines is 3. The molecule has 0 radical (unpaired) electrons. The van der Waals surface area contributed by atoms with Crippen LogP contribution in [0.4, 0.5) is 26.8 Å². The molecule has 10 heteroatoms. The molecule has 0 saturated carbocycles. The summed E-state index contributed by atoms with van der Waals surface area (Å²) in [6.07, 6.45) is 7.46. The number of urea groups is 1. The minimum absolute atomic E-state index is 0.172. The smallest absolute Gasteiger partial charge is 0.323 e. The molecule has 0 unspecified atom stereocenters. The number of nitriles is 1. The molecule has 2 fully saturated rings. The van der Waals surface area contributed by atoms with Crippen molar-refractivity contribution < 1.29 is 9.59 Å². The number of nitrogens with one attached hydrogen (secondary N) is 2. The van der Waals surface area contributed by atoms with E-state index in [1.54, 1.807) is 10.6 Å². The minimum Gasteiger partial charge on any atom is -0.354 e. The van der Waals surface area contributed by atoms with Crippen molar-refractivity contribution in [3.05, 3.63) is 46.8 Å². The number of piperidine rings is 1. The first-order chi connectivity index (χ1) is 19.4. The summed E-state index contributed by atoms with van der Waals surface area (Å²) in [4.78, 5) is 34.0. The summed E-state index contributed by atoms with van der Waals surface area (Å²) < 4.78 is 1.56. The average Bonchev–Trinajstić information content (AvgIpc) is 3.59. The summed E-state index contributed by atoms with van der Waals surface area (Å²) in [7, 11) is 0. The highest BCUT2D eigenvalue weighted by atomic mass is 16.2. The Morgan fingerprint density at radius 1 is 1.07 bits per heavy atom. The third-order valence-electron chi connectivity index (χ3n) is 8.47. The predicted molar refractivity (Wildman–Crippen MR) is 157 cm³/mol. The van der Waals surface area contributed by atoms with E-state index >= 15 is 0 Å². The zero-order chi connectivity index (χ0) is 28.4. The van der Waals surface area contributed by atoms with Crippen LogP contribution in [-0.4, -0.2) is 63.6 Å². The molecule has 0 spiro atoms.